The molecule has 6 nitrogen and oxygen atoms in total. The Hall–Kier alpha value is -3.58. The first kappa shape index (κ1) is 24.1. The van der Waals surface area contributed by atoms with Gasteiger partial charge < -0.3 is 16.0 Å². The summed E-state index contributed by atoms with van der Waals surface area (Å²) in [6.07, 6.45) is 0. The first-order valence-electron chi connectivity index (χ1n) is 10.6. The molecule has 3 aromatic rings. The average Bonchev–Trinajstić information content (AvgIpc) is 2.82. The Morgan fingerprint density at radius 2 is 1.42 bits per heavy atom. The van der Waals surface area contributed by atoms with E-state index < -0.39 is 5.25 Å². The Balaban J connectivity index is 1.54. The Morgan fingerprint density at radius 3 is 2.09 bits per heavy atom. The molecular weight excluding hydrogens is 434 g/mol. The summed E-state index contributed by atoms with van der Waals surface area (Å²) in [6.45, 7) is 5.58. The number of benzene rings is 3. The molecule has 3 aromatic carbocycles. The Bertz CT molecular complexity index is 1130. The van der Waals surface area contributed by atoms with Crippen LogP contribution < -0.4 is 16.0 Å². The molecule has 3 N–H and O–H groups in total. The van der Waals surface area contributed by atoms with Crippen LogP contribution in [-0.4, -0.2) is 28.7 Å². The minimum absolute atomic E-state index is 0.161. The summed E-state index contributed by atoms with van der Waals surface area (Å²) in [4.78, 5) is 37.3. The highest BCUT2D eigenvalue weighted by Crippen LogP contribution is 2.25. The molecule has 0 radical (unpaired) electrons. The van der Waals surface area contributed by atoms with Crippen molar-refractivity contribution in [3.63, 3.8) is 0 Å². The molecule has 0 fully saturated rings. The van der Waals surface area contributed by atoms with Crippen LogP contribution in [0.15, 0.2) is 72.8 Å². The van der Waals surface area contributed by atoms with E-state index in [4.69, 9.17) is 0 Å². The van der Waals surface area contributed by atoms with Crippen LogP contribution in [0.25, 0.3) is 0 Å². The Labute approximate surface area is 198 Å². The molecular formula is C26H27N3O3S. The van der Waals surface area contributed by atoms with Crippen LogP contribution in [0.5, 0.6) is 0 Å². The van der Waals surface area contributed by atoms with E-state index in [0.29, 0.717) is 16.9 Å². The molecule has 0 aliphatic rings. The molecule has 0 heterocycles. The van der Waals surface area contributed by atoms with Crippen LogP contribution in [0.2, 0.25) is 0 Å². The third kappa shape index (κ3) is 6.95. The van der Waals surface area contributed by atoms with Crippen molar-refractivity contribution >= 4 is 46.5 Å². The van der Waals surface area contributed by atoms with E-state index in [1.807, 2.05) is 44.2 Å². The lowest BCUT2D eigenvalue weighted by Gasteiger charge is -2.16. The topological polar surface area (TPSA) is 87.3 Å². The number of aryl methyl sites for hydroxylation is 1. The Kier molecular flexibility index (Phi) is 8.27. The summed E-state index contributed by atoms with van der Waals surface area (Å²) in [7, 11) is 0. The number of carbonyl (C=O) groups excluding carboxylic acids is 3. The number of anilines is 3. The third-order valence-corrected chi connectivity index (χ3v) is 6.19. The SMILES string of the molecule is Cc1ccc(NC(=O)CSC(C)C(=O)Nc2cccc(NC(=O)c3ccccc3)c2C)cc1. The van der Waals surface area contributed by atoms with Crippen molar-refractivity contribution in [2.75, 3.05) is 21.7 Å². The lowest BCUT2D eigenvalue weighted by molar-refractivity contribution is -0.115. The number of amides is 3. The molecule has 3 amide bonds. The van der Waals surface area contributed by atoms with Crippen molar-refractivity contribution in [1.29, 1.82) is 0 Å². The zero-order chi connectivity index (χ0) is 23.8. The Morgan fingerprint density at radius 1 is 0.788 bits per heavy atom. The van der Waals surface area contributed by atoms with Crippen molar-refractivity contribution in [3.8, 4) is 0 Å². The number of rotatable bonds is 8. The van der Waals surface area contributed by atoms with Gasteiger partial charge in [0, 0.05) is 22.6 Å². The van der Waals surface area contributed by atoms with Crippen LogP contribution in [0, 0.1) is 13.8 Å². The highest BCUT2D eigenvalue weighted by Gasteiger charge is 2.17. The van der Waals surface area contributed by atoms with Crippen LogP contribution in [0.4, 0.5) is 17.1 Å². The standard InChI is InChI=1S/C26H27N3O3S/c1-17-12-14-21(15-13-17)27-24(30)16-33-19(3)25(31)28-22-10-7-11-23(18(22)2)29-26(32)20-8-5-4-6-9-20/h4-15,19H,16H2,1-3H3,(H,27,30)(H,28,31)(H,29,32). The summed E-state index contributed by atoms with van der Waals surface area (Å²) in [6, 6.07) is 21.8. The van der Waals surface area contributed by atoms with Gasteiger partial charge in [-0.2, -0.15) is 0 Å². The van der Waals surface area contributed by atoms with Gasteiger partial charge in [0.2, 0.25) is 11.8 Å². The number of hydrogen-bond acceptors (Lipinski definition) is 4. The molecule has 1 unspecified atom stereocenters. The zero-order valence-corrected chi connectivity index (χ0v) is 19.7. The van der Waals surface area contributed by atoms with Gasteiger partial charge in [0.05, 0.1) is 11.0 Å². The smallest absolute Gasteiger partial charge is 0.255 e. The monoisotopic (exact) mass is 461 g/mol. The maximum absolute atomic E-state index is 12.7. The van der Waals surface area contributed by atoms with Gasteiger partial charge in [-0.25, -0.2) is 0 Å². The van der Waals surface area contributed by atoms with Gasteiger partial charge in [-0.3, -0.25) is 14.4 Å². The van der Waals surface area contributed by atoms with Crippen molar-refractivity contribution in [3.05, 3.63) is 89.5 Å². The molecule has 0 bridgehead atoms. The molecule has 3 rings (SSSR count). The van der Waals surface area contributed by atoms with Gasteiger partial charge in [0.15, 0.2) is 0 Å². The van der Waals surface area contributed by atoms with Crippen LogP contribution in [-0.2, 0) is 9.59 Å². The predicted molar refractivity (Wildman–Crippen MR) is 136 cm³/mol. The van der Waals surface area contributed by atoms with Gasteiger partial charge in [0.1, 0.15) is 0 Å². The summed E-state index contributed by atoms with van der Waals surface area (Å²) >= 11 is 1.26. The summed E-state index contributed by atoms with van der Waals surface area (Å²) in [5.41, 5.74) is 4.39. The van der Waals surface area contributed by atoms with E-state index in [-0.39, 0.29) is 23.5 Å². The number of nitrogens with one attached hydrogen (secondary N) is 3. The van der Waals surface area contributed by atoms with E-state index in [0.717, 1.165) is 16.8 Å². The second-order valence-electron chi connectivity index (χ2n) is 7.65. The molecule has 7 heteroatoms. The van der Waals surface area contributed by atoms with Gasteiger partial charge in [-0.1, -0.05) is 42.0 Å². The molecule has 33 heavy (non-hydrogen) atoms. The molecule has 0 aromatic heterocycles. The largest absolute Gasteiger partial charge is 0.325 e. The lowest BCUT2D eigenvalue weighted by atomic mass is 10.1. The van der Waals surface area contributed by atoms with E-state index in [1.54, 1.807) is 49.4 Å². The average molecular weight is 462 g/mol. The number of thioether (sulfide) groups is 1. The summed E-state index contributed by atoms with van der Waals surface area (Å²) in [5.74, 6) is -0.428. The molecule has 1 atom stereocenters. The second-order valence-corrected chi connectivity index (χ2v) is 8.98. The first-order valence-corrected chi connectivity index (χ1v) is 11.6. The molecule has 0 spiro atoms. The number of hydrogen-bond donors (Lipinski definition) is 3. The molecule has 0 saturated carbocycles. The van der Waals surface area contributed by atoms with E-state index in [2.05, 4.69) is 16.0 Å². The van der Waals surface area contributed by atoms with Gasteiger partial charge in [-0.05, 0) is 62.7 Å². The fourth-order valence-corrected chi connectivity index (χ4v) is 3.72. The van der Waals surface area contributed by atoms with Crippen molar-refractivity contribution < 1.29 is 14.4 Å². The molecule has 170 valence electrons. The van der Waals surface area contributed by atoms with Crippen LogP contribution >= 0.6 is 11.8 Å². The fourth-order valence-electron chi connectivity index (χ4n) is 3.04. The normalized spacial score (nSPS) is 11.4. The third-order valence-electron chi connectivity index (χ3n) is 5.04. The predicted octanol–water partition coefficient (Wildman–Crippen LogP) is 5.25. The van der Waals surface area contributed by atoms with E-state index >= 15 is 0 Å². The van der Waals surface area contributed by atoms with Crippen molar-refractivity contribution in [2.24, 2.45) is 0 Å². The minimum atomic E-state index is -0.435. The summed E-state index contributed by atoms with van der Waals surface area (Å²) < 4.78 is 0. The van der Waals surface area contributed by atoms with E-state index in [9.17, 15) is 14.4 Å². The quantitative estimate of drug-likeness (QED) is 0.427. The van der Waals surface area contributed by atoms with Crippen molar-refractivity contribution in [1.82, 2.24) is 0 Å². The first-order chi connectivity index (χ1) is 15.8. The maximum Gasteiger partial charge on any atom is 0.255 e. The highest BCUT2D eigenvalue weighted by molar-refractivity contribution is 8.01. The summed E-state index contributed by atoms with van der Waals surface area (Å²) in [5, 5.41) is 8.18. The second kappa shape index (κ2) is 11.3. The molecule has 0 aliphatic carbocycles. The van der Waals surface area contributed by atoms with Gasteiger partial charge in [0.25, 0.3) is 5.91 Å². The van der Waals surface area contributed by atoms with Crippen LogP contribution in [0.1, 0.15) is 28.4 Å². The fraction of sp³-hybridized carbons (Fsp3) is 0.192. The number of carbonyl (C=O) groups is 3. The van der Waals surface area contributed by atoms with Gasteiger partial charge in [-0.15, -0.1) is 11.8 Å². The van der Waals surface area contributed by atoms with Crippen molar-refractivity contribution in [2.45, 2.75) is 26.0 Å². The van der Waals surface area contributed by atoms with Gasteiger partial charge >= 0.3 is 0 Å². The molecule has 0 saturated heterocycles. The highest BCUT2D eigenvalue weighted by atomic mass is 32.2. The maximum atomic E-state index is 12.7. The minimum Gasteiger partial charge on any atom is -0.325 e. The molecule has 0 aliphatic heterocycles. The van der Waals surface area contributed by atoms with Crippen LogP contribution in [0.3, 0.4) is 0 Å². The van der Waals surface area contributed by atoms with E-state index in [1.165, 1.54) is 11.8 Å². The zero-order valence-electron chi connectivity index (χ0n) is 18.8. The lowest BCUT2D eigenvalue weighted by Crippen LogP contribution is -2.25.